The van der Waals surface area contributed by atoms with Crippen LogP contribution < -0.4 is 15.8 Å². The minimum Gasteiger partial charge on any atom is -0.497 e. The van der Waals surface area contributed by atoms with Gasteiger partial charge in [0.2, 0.25) is 0 Å². The second-order valence-electron chi connectivity index (χ2n) is 6.85. The molecule has 1 fully saturated rings. The van der Waals surface area contributed by atoms with Gasteiger partial charge in [0.15, 0.2) is 5.82 Å². The highest BCUT2D eigenvalue weighted by Gasteiger charge is 2.25. The highest BCUT2D eigenvalue weighted by Crippen LogP contribution is 2.26. The van der Waals surface area contributed by atoms with Gasteiger partial charge in [0, 0.05) is 43.6 Å². The highest BCUT2D eigenvalue weighted by molar-refractivity contribution is 5.76. The summed E-state index contributed by atoms with van der Waals surface area (Å²) in [4.78, 5) is 6.65. The first-order chi connectivity index (χ1) is 13.1. The topological polar surface area (TPSA) is 101 Å². The van der Waals surface area contributed by atoms with Crippen LogP contribution in [-0.4, -0.2) is 56.9 Å². The molecule has 4 N–H and O–H groups in total. The monoisotopic (exact) mass is 368 g/mol. The highest BCUT2D eigenvalue weighted by atomic mass is 16.5. The van der Waals surface area contributed by atoms with Gasteiger partial charge in [0.25, 0.3) is 0 Å². The summed E-state index contributed by atoms with van der Waals surface area (Å²) >= 11 is 0. The van der Waals surface area contributed by atoms with Crippen molar-refractivity contribution in [2.24, 2.45) is 5.73 Å². The maximum Gasteiger partial charge on any atom is 0.158 e. The van der Waals surface area contributed by atoms with Gasteiger partial charge < -0.3 is 20.9 Å². The summed E-state index contributed by atoms with van der Waals surface area (Å²) in [6.45, 7) is 2.15. The summed E-state index contributed by atoms with van der Waals surface area (Å²) < 4.78 is 7.11. The van der Waals surface area contributed by atoms with Gasteiger partial charge in [0.1, 0.15) is 17.6 Å². The molecule has 3 heterocycles. The molecule has 2 unspecified atom stereocenters. The lowest BCUT2D eigenvalue weighted by Gasteiger charge is -2.33. The number of nitrogens with two attached hydrogens (primary N) is 1. The summed E-state index contributed by atoms with van der Waals surface area (Å²) in [7, 11) is 1.64. The molecule has 1 aliphatic rings. The molecule has 0 spiro atoms. The Hall–Kier alpha value is -2.68. The lowest BCUT2D eigenvalue weighted by Crippen LogP contribution is -2.50. The molecule has 142 valence electrons. The zero-order valence-corrected chi connectivity index (χ0v) is 15.2. The predicted octanol–water partition coefficient (Wildman–Crippen LogP) is 1.38. The second kappa shape index (κ2) is 7.51. The third-order valence-corrected chi connectivity index (χ3v) is 4.98. The molecule has 27 heavy (non-hydrogen) atoms. The molecule has 8 heteroatoms. The third kappa shape index (κ3) is 3.73. The van der Waals surface area contributed by atoms with Crippen molar-refractivity contribution in [3.05, 3.63) is 48.4 Å². The van der Waals surface area contributed by atoms with Crippen LogP contribution in [0.1, 0.15) is 12.0 Å². The van der Waals surface area contributed by atoms with E-state index >= 15 is 0 Å². The maximum atomic E-state index is 10.1. The minimum absolute atomic E-state index is 0.138. The number of β-amino-alcohol motifs (C(OH)–C–C–N with tert-alkyl or cyclic N) is 1. The molecule has 2 aromatic heterocycles. The van der Waals surface area contributed by atoms with E-state index in [-0.39, 0.29) is 6.04 Å². The number of nitrogens with zero attached hydrogens (tertiary/aromatic N) is 4. The minimum atomic E-state index is -0.488. The van der Waals surface area contributed by atoms with E-state index in [1.165, 1.54) is 6.33 Å². The number of anilines is 2. The second-order valence-corrected chi connectivity index (χ2v) is 6.85. The van der Waals surface area contributed by atoms with Crippen molar-refractivity contribution in [3.63, 3.8) is 0 Å². The Kier molecular flexibility index (Phi) is 4.93. The molecule has 0 aliphatic carbocycles. The molecule has 0 saturated carbocycles. The van der Waals surface area contributed by atoms with Crippen molar-refractivity contribution >= 4 is 17.0 Å². The van der Waals surface area contributed by atoms with E-state index in [1.54, 1.807) is 7.11 Å². The quantitative estimate of drug-likeness (QED) is 0.625. The summed E-state index contributed by atoms with van der Waals surface area (Å²) in [5.41, 5.74) is 8.83. The van der Waals surface area contributed by atoms with E-state index in [9.17, 15) is 5.11 Å². The zero-order chi connectivity index (χ0) is 18.8. The van der Waals surface area contributed by atoms with Gasteiger partial charge >= 0.3 is 0 Å². The molecule has 1 saturated heterocycles. The standard InChI is InChI=1S/C19H24N6O2/c1-27-15-4-2-3-14(9-15)23-19-18-13(5-8-25(18)22-12-21-19)10-24-7-6-16(20)17(26)11-24/h2-5,8-9,12,16-17,26H,6-7,10-11,20H2,1H3,(H,21,22,23). The number of likely N-dealkylation sites (tertiary alicyclic amines) is 1. The van der Waals surface area contributed by atoms with Gasteiger partial charge in [-0.15, -0.1) is 0 Å². The number of aliphatic hydroxyl groups is 1. The van der Waals surface area contributed by atoms with Gasteiger partial charge in [-0.2, -0.15) is 5.10 Å². The van der Waals surface area contributed by atoms with Crippen LogP contribution in [0.2, 0.25) is 0 Å². The van der Waals surface area contributed by atoms with Gasteiger partial charge in [0.05, 0.1) is 13.2 Å². The summed E-state index contributed by atoms with van der Waals surface area (Å²) in [6.07, 6.45) is 3.76. The molecule has 2 atom stereocenters. The first-order valence-corrected chi connectivity index (χ1v) is 9.02. The van der Waals surface area contributed by atoms with Crippen LogP contribution in [0.15, 0.2) is 42.9 Å². The van der Waals surface area contributed by atoms with E-state index in [1.807, 2.05) is 41.0 Å². The number of methoxy groups -OCH3 is 1. The number of aliphatic hydroxyl groups excluding tert-OH is 1. The van der Waals surface area contributed by atoms with Crippen molar-refractivity contribution in [2.45, 2.75) is 25.1 Å². The molecule has 3 aromatic rings. The normalized spacial score (nSPS) is 20.7. The van der Waals surface area contributed by atoms with Crippen LogP contribution in [0.25, 0.3) is 5.52 Å². The number of rotatable bonds is 5. The van der Waals surface area contributed by atoms with Gasteiger partial charge in [-0.3, -0.25) is 4.90 Å². The molecule has 8 nitrogen and oxygen atoms in total. The van der Waals surface area contributed by atoms with Gasteiger partial charge in [-0.25, -0.2) is 9.50 Å². The number of ether oxygens (including phenoxy) is 1. The van der Waals surface area contributed by atoms with Crippen molar-refractivity contribution < 1.29 is 9.84 Å². The molecule has 4 rings (SSSR count). The van der Waals surface area contributed by atoms with Crippen molar-refractivity contribution in [1.82, 2.24) is 19.5 Å². The number of piperidine rings is 1. The molecular formula is C19H24N6O2. The van der Waals surface area contributed by atoms with Crippen molar-refractivity contribution in [1.29, 1.82) is 0 Å². The van der Waals surface area contributed by atoms with E-state index < -0.39 is 6.10 Å². The fraction of sp³-hybridized carbons (Fsp3) is 0.368. The number of fused-ring (bicyclic) bond motifs is 1. The maximum absolute atomic E-state index is 10.1. The summed E-state index contributed by atoms with van der Waals surface area (Å²) in [6, 6.07) is 9.62. The molecule has 1 aromatic carbocycles. The molecule has 0 radical (unpaired) electrons. The number of hydrogen-bond acceptors (Lipinski definition) is 7. The number of benzene rings is 1. The Morgan fingerprint density at radius 1 is 1.37 bits per heavy atom. The fourth-order valence-electron chi connectivity index (χ4n) is 3.47. The number of aromatic nitrogens is 3. The smallest absolute Gasteiger partial charge is 0.158 e. The first-order valence-electron chi connectivity index (χ1n) is 9.02. The average molecular weight is 368 g/mol. The lowest BCUT2D eigenvalue weighted by molar-refractivity contribution is 0.0501. The van der Waals surface area contributed by atoms with Crippen molar-refractivity contribution in [3.8, 4) is 5.75 Å². The SMILES string of the molecule is COc1cccc(Nc2ncnn3ccc(CN4CCC(N)C(O)C4)c23)c1. The number of nitrogens with one attached hydrogen (secondary N) is 1. The van der Waals surface area contributed by atoms with Crippen LogP contribution in [0, 0.1) is 0 Å². The Morgan fingerprint density at radius 3 is 3.07 bits per heavy atom. The van der Waals surface area contributed by atoms with Crippen LogP contribution >= 0.6 is 0 Å². The molecule has 1 aliphatic heterocycles. The Bertz CT molecular complexity index is 927. The van der Waals surface area contributed by atoms with E-state index in [2.05, 4.69) is 20.3 Å². The third-order valence-electron chi connectivity index (χ3n) is 4.98. The fourth-order valence-corrected chi connectivity index (χ4v) is 3.47. The van der Waals surface area contributed by atoms with Crippen LogP contribution in [-0.2, 0) is 6.54 Å². The van der Waals surface area contributed by atoms with Gasteiger partial charge in [-0.1, -0.05) is 6.07 Å². The zero-order valence-electron chi connectivity index (χ0n) is 15.2. The Labute approximate surface area is 157 Å². The molecule has 0 bridgehead atoms. The Morgan fingerprint density at radius 2 is 2.26 bits per heavy atom. The first kappa shape index (κ1) is 17.7. The van der Waals surface area contributed by atoms with Crippen LogP contribution in [0.3, 0.4) is 0 Å². The Balaban J connectivity index is 1.61. The largest absolute Gasteiger partial charge is 0.497 e. The number of hydrogen-bond donors (Lipinski definition) is 3. The average Bonchev–Trinajstić information content (AvgIpc) is 3.09. The van der Waals surface area contributed by atoms with E-state index in [4.69, 9.17) is 10.5 Å². The van der Waals surface area contributed by atoms with Crippen molar-refractivity contribution in [2.75, 3.05) is 25.5 Å². The van der Waals surface area contributed by atoms with E-state index in [0.29, 0.717) is 13.1 Å². The summed E-state index contributed by atoms with van der Waals surface area (Å²) in [5.74, 6) is 1.51. The predicted molar refractivity (Wildman–Crippen MR) is 103 cm³/mol. The van der Waals surface area contributed by atoms with Gasteiger partial charge in [-0.05, 0) is 30.2 Å². The van der Waals surface area contributed by atoms with Crippen LogP contribution in [0.4, 0.5) is 11.5 Å². The lowest BCUT2D eigenvalue weighted by atomic mass is 10.0. The molecular weight excluding hydrogens is 344 g/mol. The summed E-state index contributed by atoms with van der Waals surface area (Å²) in [5, 5.41) is 17.7. The molecule has 0 amide bonds. The van der Waals surface area contributed by atoms with E-state index in [0.717, 1.165) is 41.3 Å². The van der Waals surface area contributed by atoms with Crippen LogP contribution in [0.5, 0.6) is 5.75 Å².